The van der Waals surface area contributed by atoms with Crippen LogP contribution in [-0.4, -0.2) is 31.2 Å². The summed E-state index contributed by atoms with van der Waals surface area (Å²) >= 11 is 0. The lowest BCUT2D eigenvalue weighted by Crippen LogP contribution is -2.36. The van der Waals surface area contributed by atoms with E-state index in [-0.39, 0.29) is 0 Å². The maximum atomic E-state index is 5.93. The molecule has 3 nitrogen and oxygen atoms in total. The lowest BCUT2D eigenvalue weighted by molar-refractivity contribution is 0.0388. The minimum atomic E-state index is 0.452. The number of nitrogens with zero attached hydrogens (tertiary/aromatic N) is 1. The first-order valence-corrected chi connectivity index (χ1v) is 6.30. The third-order valence-corrected chi connectivity index (χ3v) is 3.75. The summed E-state index contributed by atoms with van der Waals surface area (Å²) in [7, 11) is 1.81. The molecule has 94 valence electrons. The summed E-state index contributed by atoms with van der Waals surface area (Å²) in [5.74, 6) is 0. The normalized spacial score (nSPS) is 18.5. The molecular formula is C14H22N2O. The molecule has 1 aromatic rings. The molecule has 2 N–H and O–H groups in total. The van der Waals surface area contributed by atoms with Crippen molar-refractivity contribution in [1.29, 1.82) is 0 Å². The Bertz CT molecular complexity index is 370. The van der Waals surface area contributed by atoms with Crippen molar-refractivity contribution in [3.63, 3.8) is 0 Å². The van der Waals surface area contributed by atoms with Crippen LogP contribution < -0.4 is 5.73 Å². The molecule has 2 rings (SSSR count). The molecule has 1 heterocycles. The van der Waals surface area contributed by atoms with Crippen LogP contribution in [0, 0.1) is 6.92 Å². The molecule has 17 heavy (non-hydrogen) atoms. The molecule has 0 atom stereocenters. The van der Waals surface area contributed by atoms with Gasteiger partial charge >= 0.3 is 0 Å². The molecular weight excluding hydrogens is 212 g/mol. The maximum Gasteiger partial charge on any atom is 0.0595 e. The molecule has 0 spiro atoms. The van der Waals surface area contributed by atoms with Gasteiger partial charge < -0.3 is 10.5 Å². The average Bonchev–Trinajstić information content (AvgIpc) is 2.36. The predicted octanol–water partition coefficient (Wildman–Crippen LogP) is 2.19. The Kier molecular flexibility index (Phi) is 4.02. The Morgan fingerprint density at radius 3 is 2.71 bits per heavy atom. The van der Waals surface area contributed by atoms with Crippen LogP contribution in [0.1, 0.15) is 24.0 Å². The quantitative estimate of drug-likeness (QED) is 0.815. The molecule has 1 saturated heterocycles. The van der Waals surface area contributed by atoms with Gasteiger partial charge in [-0.15, -0.1) is 0 Å². The molecule has 1 fully saturated rings. The number of likely N-dealkylation sites (tertiary alicyclic amines) is 1. The first-order valence-electron chi connectivity index (χ1n) is 6.30. The summed E-state index contributed by atoms with van der Waals surface area (Å²) < 4.78 is 5.39. The SMILES string of the molecule is COC1CCN(Cc2cccc(N)c2C)CC1. The van der Waals surface area contributed by atoms with Gasteiger partial charge in [-0.25, -0.2) is 0 Å². The van der Waals surface area contributed by atoms with Crippen molar-refractivity contribution < 1.29 is 4.74 Å². The number of hydrogen-bond donors (Lipinski definition) is 1. The van der Waals surface area contributed by atoms with Gasteiger partial charge in [-0.3, -0.25) is 4.90 Å². The standard InChI is InChI=1S/C14H22N2O/c1-11-12(4-3-5-14(11)15)10-16-8-6-13(17-2)7-9-16/h3-5,13H,6-10,15H2,1-2H3. The van der Waals surface area contributed by atoms with E-state index < -0.39 is 0 Å². The van der Waals surface area contributed by atoms with Crippen molar-refractivity contribution in [2.45, 2.75) is 32.4 Å². The van der Waals surface area contributed by atoms with Gasteiger partial charge in [-0.2, -0.15) is 0 Å². The molecule has 0 bridgehead atoms. The van der Waals surface area contributed by atoms with Crippen LogP contribution in [0.5, 0.6) is 0 Å². The fraction of sp³-hybridized carbons (Fsp3) is 0.571. The van der Waals surface area contributed by atoms with Crippen LogP contribution in [0.25, 0.3) is 0 Å². The van der Waals surface area contributed by atoms with Crippen molar-refractivity contribution in [2.75, 3.05) is 25.9 Å². The van der Waals surface area contributed by atoms with Gasteiger partial charge in [-0.1, -0.05) is 12.1 Å². The van der Waals surface area contributed by atoms with Crippen LogP contribution >= 0.6 is 0 Å². The highest BCUT2D eigenvalue weighted by molar-refractivity contribution is 5.49. The second-order valence-electron chi connectivity index (χ2n) is 4.84. The zero-order valence-corrected chi connectivity index (χ0v) is 10.8. The summed E-state index contributed by atoms with van der Waals surface area (Å²) in [5, 5.41) is 0. The monoisotopic (exact) mass is 234 g/mol. The maximum absolute atomic E-state index is 5.93. The van der Waals surface area contributed by atoms with E-state index in [0.717, 1.165) is 38.2 Å². The largest absolute Gasteiger partial charge is 0.399 e. The van der Waals surface area contributed by atoms with E-state index in [4.69, 9.17) is 10.5 Å². The third kappa shape index (κ3) is 2.99. The van der Waals surface area contributed by atoms with E-state index in [1.807, 2.05) is 19.2 Å². The van der Waals surface area contributed by atoms with Gasteiger partial charge in [0.1, 0.15) is 0 Å². The third-order valence-electron chi connectivity index (χ3n) is 3.75. The molecule has 0 unspecified atom stereocenters. The highest BCUT2D eigenvalue weighted by Crippen LogP contribution is 2.20. The molecule has 0 saturated carbocycles. The average molecular weight is 234 g/mol. The number of ether oxygens (including phenoxy) is 1. The summed E-state index contributed by atoms with van der Waals surface area (Å²) in [6, 6.07) is 6.18. The smallest absolute Gasteiger partial charge is 0.0595 e. The van der Waals surface area contributed by atoms with Crippen molar-refractivity contribution >= 4 is 5.69 Å². The number of nitrogens with two attached hydrogens (primary N) is 1. The number of rotatable bonds is 3. The molecule has 0 amide bonds. The van der Waals surface area contributed by atoms with E-state index >= 15 is 0 Å². The van der Waals surface area contributed by atoms with Gasteiger partial charge in [0.25, 0.3) is 0 Å². The zero-order valence-electron chi connectivity index (χ0n) is 10.8. The summed E-state index contributed by atoms with van der Waals surface area (Å²) in [5.41, 5.74) is 9.40. The number of hydrogen-bond acceptors (Lipinski definition) is 3. The van der Waals surface area contributed by atoms with Crippen molar-refractivity contribution in [3.8, 4) is 0 Å². The van der Waals surface area contributed by atoms with E-state index in [9.17, 15) is 0 Å². The Hall–Kier alpha value is -1.06. The topological polar surface area (TPSA) is 38.5 Å². The lowest BCUT2D eigenvalue weighted by Gasteiger charge is -2.31. The van der Waals surface area contributed by atoms with Crippen LogP contribution in [0.3, 0.4) is 0 Å². The van der Waals surface area contributed by atoms with Crippen molar-refractivity contribution in [1.82, 2.24) is 4.90 Å². The lowest BCUT2D eigenvalue weighted by atomic mass is 10.0. The highest BCUT2D eigenvalue weighted by Gasteiger charge is 2.19. The molecule has 0 aliphatic carbocycles. The number of nitrogen functional groups attached to an aromatic ring is 1. The minimum absolute atomic E-state index is 0.452. The number of anilines is 1. The van der Waals surface area contributed by atoms with E-state index in [1.54, 1.807) is 0 Å². The number of benzene rings is 1. The fourth-order valence-electron chi connectivity index (χ4n) is 2.42. The van der Waals surface area contributed by atoms with Gasteiger partial charge in [0.2, 0.25) is 0 Å². The van der Waals surface area contributed by atoms with E-state index in [0.29, 0.717) is 6.10 Å². The number of methoxy groups -OCH3 is 1. The van der Waals surface area contributed by atoms with Gasteiger partial charge in [0.15, 0.2) is 0 Å². The Balaban J connectivity index is 1.95. The Morgan fingerprint density at radius 1 is 1.35 bits per heavy atom. The van der Waals surface area contributed by atoms with Crippen LogP contribution in [0.2, 0.25) is 0 Å². The van der Waals surface area contributed by atoms with Crippen LogP contribution in [0.4, 0.5) is 5.69 Å². The molecule has 3 heteroatoms. The first-order chi connectivity index (χ1) is 8.20. The Morgan fingerprint density at radius 2 is 2.06 bits per heavy atom. The van der Waals surface area contributed by atoms with E-state index in [2.05, 4.69) is 17.9 Å². The van der Waals surface area contributed by atoms with Gasteiger partial charge in [0.05, 0.1) is 6.10 Å². The summed E-state index contributed by atoms with van der Waals surface area (Å²) in [6.45, 7) is 5.35. The number of piperidine rings is 1. The van der Waals surface area contributed by atoms with Crippen LogP contribution in [-0.2, 0) is 11.3 Å². The van der Waals surface area contributed by atoms with E-state index in [1.165, 1.54) is 11.1 Å². The fourth-order valence-corrected chi connectivity index (χ4v) is 2.42. The minimum Gasteiger partial charge on any atom is -0.399 e. The second-order valence-corrected chi connectivity index (χ2v) is 4.84. The molecule has 1 aromatic carbocycles. The molecule has 1 aliphatic rings. The van der Waals surface area contributed by atoms with Crippen LogP contribution in [0.15, 0.2) is 18.2 Å². The summed E-state index contributed by atoms with van der Waals surface area (Å²) in [4.78, 5) is 2.48. The molecule has 1 aliphatic heterocycles. The van der Waals surface area contributed by atoms with Gasteiger partial charge in [-0.05, 0) is 37.0 Å². The molecule has 0 radical (unpaired) electrons. The molecule has 0 aromatic heterocycles. The summed E-state index contributed by atoms with van der Waals surface area (Å²) in [6.07, 6.45) is 2.73. The second kappa shape index (κ2) is 5.52. The van der Waals surface area contributed by atoms with Gasteiger partial charge in [0, 0.05) is 32.4 Å². The van der Waals surface area contributed by atoms with Crippen molar-refractivity contribution in [3.05, 3.63) is 29.3 Å². The van der Waals surface area contributed by atoms with Crippen molar-refractivity contribution in [2.24, 2.45) is 0 Å². The zero-order chi connectivity index (χ0) is 12.3. The highest BCUT2D eigenvalue weighted by atomic mass is 16.5. The predicted molar refractivity (Wildman–Crippen MR) is 70.9 cm³/mol. The first kappa shape index (κ1) is 12.4. The Labute approximate surface area is 104 Å².